The van der Waals surface area contributed by atoms with Crippen LogP contribution in [-0.4, -0.2) is 80.1 Å². The highest BCUT2D eigenvalue weighted by Crippen LogP contribution is 2.24. The summed E-state index contributed by atoms with van der Waals surface area (Å²) in [6, 6.07) is 6.90. The van der Waals surface area contributed by atoms with Gasteiger partial charge in [-0.05, 0) is 19.1 Å². The van der Waals surface area contributed by atoms with Gasteiger partial charge >= 0.3 is 0 Å². The Morgan fingerprint density at radius 3 is 2.71 bits per heavy atom. The maximum Gasteiger partial charge on any atom is 0.256 e. The Labute approximate surface area is 164 Å². The van der Waals surface area contributed by atoms with Crippen molar-refractivity contribution >= 4 is 23.4 Å². The zero-order valence-corrected chi connectivity index (χ0v) is 16.3. The van der Waals surface area contributed by atoms with Crippen LogP contribution in [0.25, 0.3) is 0 Å². The minimum atomic E-state index is -0.446. The number of nitrogens with zero attached hydrogens (tertiary/aromatic N) is 2. The van der Waals surface area contributed by atoms with Crippen molar-refractivity contribution in [3.8, 4) is 0 Å². The molecule has 3 rings (SSSR count). The second kappa shape index (κ2) is 9.16. The minimum Gasteiger partial charge on any atom is -0.383 e. The number of ether oxygens (including phenoxy) is 2. The van der Waals surface area contributed by atoms with Crippen molar-refractivity contribution in [2.24, 2.45) is 5.92 Å². The van der Waals surface area contributed by atoms with Crippen LogP contribution in [-0.2, 0) is 19.1 Å². The van der Waals surface area contributed by atoms with Crippen LogP contribution in [0.4, 0.5) is 5.69 Å². The minimum absolute atomic E-state index is 0.0534. The molecule has 1 aromatic rings. The van der Waals surface area contributed by atoms with Crippen molar-refractivity contribution in [2.45, 2.75) is 19.4 Å². The number of morpholine rings is 1. The predicted octanol–water partition coefficient (Wildman–Crippen LogP) is 0.981. The number of para-hydroxylation sites is 1. The van der Waals surface area contributed by atoms with E-state index in [-0.39, 0.29) is 30.2 Å². The van der Waals surface area contributed by atoms with E-state index in [9.17, 15) is 14.4 Å². The first-order valence-electron chi connectivity index (χ1n) is 9.56. The lowest BCUT2D eigenvalue weighted by Crippen LogP contribution is -2.41. The molecular formula is C20H27N3O5. The van der Waals surface area contributed by atoms with E-state index in [2.05, 4.69) is 5.32 Å². The first-order valence-corrected chi connectivity index (χ1v) is 9.56. The van der Waals surface area contributed by atoms with Crippen LogP contribution in [0.15, 0.2) is 24.3 Å². The van der Waals surface area contributed by atoms with E-state index in [0.29, 0.717) is 50.7 Å². The summed E-state index contributed by atoms with van der Waals surface area (Å²) in [5, 5.41) is 2.86. The number of benzene rings is 1. The number of carbonyl (C=O) groups is 3. The molecule has 28 heavy (non-hydrogen) atoms. The van der Waals surface area contributed by atoms with Gasteiger partial charge in [0, 0.05) is 33.2 Å². The van der Waals surface area contributed by atoms with Gasteiger partial charge in [0.2, 0.25) is 11.8 Å². The average molecular weight is 389 g/mol. The Balaban J connectivity index is 1.68. The fourth-order valence-electron chi connectivity index (χ4n) is 3.61. The number of hydrogen-bond donors (Lipinski definition) is 1. The van der Waals surface area contributed by atoms with E-state index in [1.165, 1.54) is 0 Å². The standard InChI is InChI=1S/C20H27N3O5/c1-14(13-27-2)23-12-15(11-18(23)24)19(25)21-17-6-4-3-5-16(17)20(26)22-7-9-28-10-8-22/h3-6,14-15H,7-13H2,1-2H3,(H,21,25)/t14-,15+/m1/s1. The number of nitrogens with one attached hydrogen (secondary N) is 1. The van der Waals surface area contributed by atoms with Crippen LogP contribution in [0.3, 0.4) is 0 Å². The number of methoxy groups -OCH3 is 1. The molecule has 8 heteroatoms. The highest BCUT2D eigenvalue weighted by molar-refractivity contribution is 6.05. The molecule has 3 amide bonds. The van der Waals surface area contributed by atoms with E-state index >= 15 is 0 Å². The Hall–Kier alpha value is -2.45. The zero-order chi connectivity index (χ0) is 20.1. The maximum absolute atomic E-state index is 12.8. The maximum atomic E-state index is 12.8. The molecule has 0 aromatic heterocycles. The third kappa shape index (κ3) is 4.51. The molecule has 0 radical (unpaired) electrons. The Morgan fingerprint density at radius 1 is 1.29 bits per heavy atom. The topological polar surface area (TPSA) is 88.2 Å². The van der Waals surface area contributed by atoms with Crippen LogP contribution in [0.5, 0.6) is 0 Å². The summed E-state index contributed by atoms with van der Waals surface area (Å²) in [5.74, 6) is -0.875. The highest BCUT2D eigenvalue weighted by atomic mass is 16.5. The monoisotopic (exact) mass is 389 g/mol. The Bertz CT molecular complexity index is 732. The predicted molar refractivity (Wildman–Crippen MR) is 103 cm³/mol. The number of likely N-dealkylation sites (tertiary alicyclic amines) is 1. The summed E-state index contributed by atoms with van der Waals surface area (Å²) in [6.45, 7) is 4.78. The van der Waals surface area contributed by atoms with Crippen LogP contribution >= 0.6 is 0 Å². The third-order valence-corrected chi connectivity index (χ3v) is 5.18. The summed E-state index contributed by atoms with van der Waals surface area (Å²) in [7, 11) is 1.59. The van der Waals surface area contributed by atoms with Gasteiger partial charge in [-0.3, -0.25) is 14.4 Å². The zero-order valence-electron chi connectivity index (χ0n) is 16.3. The third-order valence-electron chi connectivity index (χ3n) is 5.18. The number of amides is 3. The molecule has 2 aliphatic heterocycles. The van der Waals surface area contributed by atoms with E-state index in [1.807, 2.05) is 6.92 Å². The van der Waals surface area contributed by atoms with Gasteiger partial charge in [0.25, 0.3) is 5.91 Å². The summed E-state index contributed by atoms with van der Waals surface area (Å²) in [5.41, 5.74) is 0.923. The van der Waals surface area contributed by atoms with Crippen molar-refractivity contribution in [1.29, 1.82) is 0 Å². The summed E-state index contributed by atoms with van der Waals surface area (Å²) >= 11 is 0. The smallest absolute Gasteiger partial charge is 0.256 e. The van der Waals surface area contributed by atoms with Gasteiger partial charge in [0.1, 0.15) is 0 Å². The lowest BCUT2D eigenvalue weighted by molar-refractivity contribution is -0.130. The molecule has 0 spiro atoms. The molecule has 2 saturated heterocycles. The van der Waals surface area contributed by atoms with Crippen molar-refractivity contribution < 1.29 is 23.9 Å². The molecule has 1 aromatic carbocycles. The van der Waals surface area contributed by atoms with Gasteiger partial charge in [0.05, 0.1) is 43.0 Å². The van der Waals surface area contributed by atoms with Crippen LogP contribution in [0, 0.1) is 5.92 Å². The van der Waals surface area contributed by atoms with Gasteiger partial charge in [-0.25, -0.2) is 0 Å². The van der Waals surface area contributed by atoms with Gasteiger partial charge in [-0.2, -0.15) is 0 Å². The highest BCUT2D eigenvalue weighted by Gasteiger charge is 2.37. The number of carbonyl (C=O) groups excluding carboxylic acids is 3. The molecule has 0 bridgehead atoms. The second-order valence-corrected chi connectivity index (χ2v) is 7.19. The molecule has 0 saturated carbocycles. The van der Waals surface area contributed by atoms with Crippen molar-refractivity contribution in [1.82, 2.24) is 9.80 Å². The first kappa shape index (κ1) is 20.3. The Morgan fingerprint density at radius 2 is 2.00 bits per heavy atom. The summed E-state index contributed by atoms with van der Waals surface area (Å²) < 4.78 is 10.4. The molecule has 152 valence electrons. The van der Waals surface area contributed by atoms with Gasteiger partial charge in [-0.1, -0.05) is 12.1 Å². The molecule has 2 heterocycles. The molecule has 0 aliphatic carbocycles. The molecule has 0 unspecified atom stereocenters. The van der Waals surface area contributed by atoms with Crippen LogP contribution < -0.4 is 5.32 Å². The molecule has 2 atom stereocenters. The van der Waals surface area contributed by atoms with Crippen molar-refractivity contribution in [2.75, 3.05) is 51.9 Å². The van der Waals surface area contributed by atoms with E-state index < -0.39 is 5.92 Å². The van der Waals surface area contributed by atoms with Gasteiger partial charge < -0.3 is 24.6 Å². The molecule has 1 N–H and O–H groups in total. The molecule has 2 fully saturated rings. The normalized spacial score (nSPS) is 20.9. The first-order chi connectivity index (χ1) is 13.5. The SMILES string of the molecule is COC[C@@H](C)N1C[C@@H](C(=O)Nc2ccccc2C(=O)N2CCOCC2)CC1=O. The van der Waals surface area contributed by atoms with Gasteiger partial charge in [-0.15, -0.1) is 0 Å². The average Bonchev–Trinajstić information content (AvgIpc) is 3.11. The molecular weight excluding hydrogens is 362 g/mol. The van der Waals surface area contributed by atoms with Crippen molar-refractivity contribution in [3.05, 3.63) is 29.8 Å². The summed E-state index contributed by atoms with van der Waals surface area (Å²) in [4.78, 5) is 41.3. The Kier molecular flexibility index (Phi) is 6.64. The van der Waals surface area contributed by atoms with E-state index in [1.54, 1.807) is 41.2 Å². The van der Waals surface area contributed by atoms with Crippen LogP contribution in [0.1, 0.15) is 23.7 Å². The van der Waals surface area contributed by atoms with E-state index in [0.717, 1.165) is 0 Å². The summed E-state index contributed by atoms with van der Waals surface area (Å²) in [6.07, 6.45) is 0.166. The largest absolute Gasteiger partial charge is 0.383 e. The number of anilines is 1. The quantitative estimate of drug-likeness (QED) is 0.784. The number of rotatable bonds is 6. The fourth-order valence-corrected chi connectivity index (χ4v) is 3.61. The lowest BCUT2D eigenvalue weighted by Gasteiger charge is -2.27. The number of hydrogen-bond acceptors (Lipinski definition) is 5. The van der Waals surface area contributed by atoms with E-state index in [4.69, 9.17) is 9.47 Å². The fraction of sp³-hybridized carbons (Fsp3) is 0.550. The van der Waals surface area contributed by atoms with Crippen molar-refractivity contribution in [3.63, 3.8) is 0 Å². The molecule has 2 aliphatic rings. The van der Waals surface area contributed by atoms with Crippen LogP contribution in [0.2, 0.25) is 0 Å². The van der Waals surface area contributed by atoms with Gasteiger partial charge in [0.15, 0.2) is 0 Å². The lowest BCUT2D eigenvalue weighted by atomic mass is 10.1. The molecule has 8 nitrogen and oxygen atoms in total. The second-order valence-electron chi connectivity index (χ2n) is 7.19.